The Bertz CT molecular complexity index is 700. The van der Waals surface area contributed by atoms with Crippen molar-refractivity contribution in [3.05, 3.63) is 0 Å². The molecule has 3 unspecified atom stereocenters. The largest absolute Gasteiger partial charge is 0.392 e. The highest BCUT2D eigenvalue weighted by atomic mass is 32.2. The number of hydrogen-bond donors (Lipinski definition) is 1. The third-order valence-electron chi connectivity index (χ3n) is 8.35. The molecule has 9 heteroatoms. The average Bonchev–Trinajstić information content (AvgIpc) is 2.93. The van der Waals surface area contributed by atoms with E-state index >= 15 is 0 Å². The van der Waals surface area contributed by atoms with E-state index in [4.69, 9.17) is 0 Å². The normalized spacial score (nSPS) is 19.2. The predicted molar refractivity (Wildman–Crippen MR) is 185 cm³/mol. The molecule has 1 aliphatic heterocycles. The Morgan fingerprint density at radius 3 is 1.79 bits per heavy atom. The van der Waals surface area contributed by atoms with Crippen LogP contribution in [0.25, 0.3) is 0 Å². The topological polar surface area (TPSA) is 67.3 Å². The van der Waals surface area contributed by atoms with Gasteiger partial charge < -0.3 is 14.9 Å². The van der Waals surface area contributed by atoms with E-state index in [0.717, 1.165) is 95.8 Å². The van der Waals surface area contributed by atoms with Gasteiger partial charge in [-0.25, -0.2) is 0 Å². The lowest BCUT2D eigenvalue weighted by Gasteiger charge is -2.44. The zero-order valence-corrected chi connectivity index (χ0v) is 29.8. The van der Waals surface area contributed by atoms with Gasteiger partial charge in [-0.15, -0.1) is 0 Å². The Morgan fingerprint density at radius 2 is 1.26 bits per heavy atom. The lowest BCUT2D eigenvalue weighted by Crippen LogP contribution is -2.57. The third kappa shape index (κ3) is 20.7. The Labute approximate surface area is 268 Å². The van der Waals surface area contributed by atoms with Crippen molar-refractivity contribution in [1.82, 2.24) is 19.6 Å². The van der Waals surface area contributed by atoms with Crippen LogP contribution in [0.4, 0.5) is 0 Å². The van der Waals surface area contributed by atoms with Crippen molar-refractivity contribution in [3.8, 4) is 0 Å². The number of aliphatic hydroxyl groups is 1. The molecule has 1 N–H and O–H groups in total. The van der Waals surface area contributed by atoms with Crippen molar-refractivity contribution in [2.75, 3.05) is 78.5 Å². The van der Waals surface area contributed by atoms with Crippen LogP contribution in [0.3, 0.4) is 0 Å². The van der Waals surface area contributed by atoms with Crippen LogP contribution in [0.15, 0.2) is 0 Å². The summed E-state index contributed by atoms with van der Waals surface area (Å²) >= 11 is 3.00. The van der Waals surface area contributed by atoms with Gasteiger partial charge in [-0.1, -0.05) is 69.0 Å². The monoisotopic (exact) mass is 630 g/mol. The highest BCUT2D eigenvalue weighted by Crippen LogP contribution is 2.19. The molecule has 0 bridgehead atoms. The number of likely N-dealkylation sites (N-methyl/N-ethyl adjacent to an activating group) is 1. The minimum Gasteiger partial charge on any atom is -0.392 e. The minimum atomic E-state index is -0.235. The second-order valence-corrected chi connectivity index (χ2v) is 15.1. The van der Waals surface area contributed by atoms with Crippen molar-refractivity contribution in [2.24, 2.45) is 0 Å². The molecule has 1 fully saturated rings. The summed E-state index contributed by atoms with van der Waals surface area (Å²) in [6.07, 6.45) is 13.6. The van der Waals surface area contributed by atoms with Gasteiger partial charge in [0.2, 0.25) is 0 Å². The summed E-state index contributed by atoms with van der Waals surface area (Å²) in [7, 11) is 6.23. The van der Waals surface area contributed by atoms with Gasteiger partial charge >= 0.3 is 0 Å². The molecule has 3 atom stereocenters. The Hall–Kier alpha value is -0.160. The number of thioether (sulfide) groups is 2. The summed E-state index contributed by atoms with van der Waals surface area (Å²) in [6, 6.07) is 0.939. The quantitative estimate of drug-likeness (QED) is 0.125. The van der Waals surface area contributed by atoms with Crippen molar-refractivity contribution < 1.29 is 14.7 Å². The lowest BCUT2D eigenvalue weighted by atomic mass is 10.1. The van der Waals surface area contributed by atoms with Gasteiger partial charge in [0.15, 0.2) is 10.2 Å². The van der Waals surface area contributed by atoms with E-state index < -0.39 is 0 Å². The number of hydrogen-bond acceptors (Lipinski definition) is 9. The van der Waals surface area contributed by atoms with Crippen molar-refractivity contribution >= 4 is 33.8 Å². The molecule has 0 aliphatic carbocycles. The molecule has 0 aromatic rings. The lowest BCUT2D eigenvalue weighted by molar-refractivity contribution is -0.111. The van der Waals surface area contributed by atoms with Crippen LogP contribution in [0, 0.1) is 0 Å². The average molecular weight is 631 g/mol. The first kappa shape index (κ1) is 39.9. The van der Waals surface area contributed by atoms with Crippen LogP contribution in [0.1, 0.15) is 104 Å². The molecule has 42 heavy (non-hydrogen) atoms. The third-order valence-corrected chi connectivity index (χ3v) is 10.2. The molecule has 7 nitrogen and oxygen atoms in total. The SMILES string of the molecule is CCCCCCCCC(O)CN(C)CCCCC(=O)SCCN1CC(C)N(CCSC(=O)CCCCN(C)C)CC1C. The van der Waals surface area contributed by atoms with Gasteiger partial charge in [0.1, 0.15) is 0 Å². The molecule has 248 valence electrons. The van der Waals surface area contributed by atoms with E-state index in [-0.39, 0.29) is 6.10 Å². The van der Waals surface area contributed by atoms with E-state index in [2.05, 4.69) is 61.5 Å². The first-order chi connectivity index (χ1) is 20.1. The van der Waals surface area contributed by atoms with Crippen molar-refractivity contribution in [3.63, 3.8) is 0 Å². The number of nitrogens with zero attached hydrogens (tertiary/aromatic N) is 4. The Balaban J connectivity index is 2.09. The molecule has 0 aromatic carbocycles. The smallest absolute Gasteiger partial charge is 0.188 e. The first-order valence-electron chi connectivity index (χ1n) is 16.9. The second-order valence-electron chi connectivity index (χ2n) is 12.8. The molecule has 0 saturated carbocycles. The van der Waals surface area contributed by atoms with E-state index in [1.807, 2.05) is 0 Å². The zero-order chi connectivity index (χ0) is 31.2. The maximum absolute atomic E-state index is 12.5. The minimum absolute atomic E-state index is 0.235. The number of carbonyl (C=O) groups excluding carboxylic acids is 2. The Morgan fingerprint density at radius 1 is 0.762 bits per heavy atom. The highest BCUT2D eigenvalue weighted by Gasteiger charge is 2.28. The summed E-state index contributed by atoms with van der Waals surface area (Å²) in [4.78, 5) is 34.1. The fraction of sp³-hybridized carbons (Fsp3) is 0.939. The molecule has 0 amide bonds. The number of rotatable bonds is 25. The molecule has 0 aromatic heterocycles. The van der Waals surface area contributed by atoms with Crippen LogP contribution in [-0.4, -0.2) is 132 Å². The molecule has 1 aliphatic rings. The summed E-state index contributed by atoms with van der Waals surface area (Å²) in [6.45, 7) is 13.5. The number of carbonyl (C=O) groups is 2. The molecule has 1 rings (SSSR count). The molecule has 1 saturated heterocycles. The predicted octanol–water partition coefficient (Wildman–Crippen LogP) is 5.85. The van der Waals surface area contributed by atoms with Gasteiger partial charge in [-0.3, -0.25) is 19.4 Å². The summed E-state index contributed by atoms with van der Waals surface area (Å²) in [5.41, 5.74) is 0. The first-order valence-corrected chi connectivity index (χ1v) is 18.9. The van der Waals surface area contributed by atoms with Crippen LogP contribution in [0.2, 0.25) is 0 Å². The van der Waals surface area contributed by atoms with Gasteiger partial charge in [-0.05, 0) is 80.2 Å². The summed E-state index contributed by atoms with van der Waals surface area (Å²) in [5, 5.41) is 10.9. The molecular weight excluding hydrogens is 565 g/mol. The number of aliphatic hydroxyl groups excluding tert-OH is 1. The van der Waals surface area contributed by atoms with Crippen LogP contribution in [-0.2, 0) is 9.59 Å². The van der Waals surface area contributed by atoms with Crippen LogP contribution in [0.5, 0.6) is 0 Å². The van der Waals surface area contributed by atoms with E-state index in [9.17, 15) is 14.7 Å². The van der Waals surface area contributed by atoms with Gasteiger partial charge in [0, 0.05) is 69.2 Å². The molecular formula is C33H66N4O3S2. The fourth-order valence-corrected chi connectivity index (χ4v) is 7.33. The second kappa shape index (κ2) is 25.1. The summed E-state index contributed by atoms with van der Waals surface area (Å²) in [5.74, 6) is 1.74. The van der Waals surface area contributed by atoms with Crippen LogP contribution < -0.4 is 0 Å². The van der Waals surface area contributed by atoms with E-state index in [1.165, 1.54) is 55.6 Å². The number of unbranched alkanes of at least 4 members (excludes halogenated alkanes) is 7. The standard InChI is InChI=1S/C33H66N4O3S2/c1-7-8-9-10-11-12-17-31(38)28-35(6)21-16-14-19-33(40)42-25-23-37-27-29(2)36(26-30(37)3)22-24-41-32(39)18-13-15-20-34(4)5/h29-31,38H,7-28H2,1-6H3. The van der Waals surface area contributed by atoms with Crippen molar-refractivity contribution in [2.45, 2.75) is 122 Å². The van der Waals surface area contributed by atoms with Gasteiger partial charge in [-0.2, -0.15) is 0 Å². The van der Waals surface area contributed by atoms with Crippen LogP contribution >= 0.6 is 23.5 Å². The van der Waals surface area contributed by atoms with E-state index in [1.54, 1.807) is 0 Å². The maximum Gasteiger partial charge on any atom is 0.188 e. The van der Waals surface area contributed by atoms with E-state index in [0.29, 0.717) is 35.2 Å². The molecule has 1 heterocycles. The Kier molecular flexibility index (Phi) is 23.8. The van der Waals surface area contributed by atoms with Crippen molar-refractivity contribution in [1.29, 1.82) is 0 Å². The number of piperazine rings is 1. The summed E-state index contributed by atoms with van der Waals surface area (Å²) < 4.78 is 0. The highest BCUT2D eigenvalue weighted by molar-refractivity contribution is 8.13. The molecule has 0 radical (unpaired) electrons. The van der Waals surface area contributed by atoms with Gasteiger partial charge in [0.25, 0.3) is 0 Å². The zero-order valence-electron chi connectivity index (χ0n) is 28.2. The molecule has 0 spiro atoms. The maximum atomic E-state index is 12.5. The van der Waals surface area contributed by atoms with Gasteiger partial charge in [0.05, 0.1) is 6.10 Å². The fourth-order valence-electron chi connectivity index (χ4n) is 5.64.